The number of aromatic nitrogens is 1. The van der Waals surface area contributed by atoms with E-state index in [1.807, 2.05) is 0 Å². The Morgan fingerprint density at radius 3 is 2.93 bits per heavy atom. The van der Waals surface area contributed by atoms with Gasteiger partial charge in [0, 0.05) is 6.20 Å². The molecule has 14 heavy (non-hydrogen) atoms. The number of rotatable bonds is 3. The molecule has 1 aromatic rings. The number of nitrogens with two attached hydrogens (primary N) is 1. The molecule has 0 aliphatic rings. The van der Waals surface area contributed by atoms with E-state index in [1.165, 1.54) is 25.4 Å². The maximum Gasteiger partial charge on any atom is 0.322 e. The van der Waals surface area contributed by atoms with Gasteiger partial charge >= 0.3 is 5.97 Å². The molecule has 4 nitrogen and oxygen atoms in total. The predicted molar refractivity (Wildman–Crippen MR) is 47.9 cm³/mol. The minimum absolute atomic E-state index is 0.292. The summed E-state index contributed by atoms with van der Waals surface area (Å²) >= 11 is 0. The van der Waals surface area contributed by atoms with Gasteiger partial charge in [-0.05, 0) is 18.1 Å². The molecule has 0 bridgehead atoms. The van der Waals surface area contributed by atoms with Gasteiger partial charge in [0.15, 0.2) is 0 Å². The molecular weight excluding hydrogens is 187 g/mol. The molecule has 1 unspecified atom stereocenters. The van der Waals surface area contributed by atoms with Gasteiger partial charge in [0.25, 0.3) is 0 Å². The van der Waals surface area contributed by atoms with Gasteiger partial charge in [-0.2, -0.15) is 4.39 Å². The molecule has 2 N–H and O–H groups in total. The van der Waals surface area contributed by atoms with Crippen LogP contribution in [-0.2, 0) is 16.0 Å². The van der Waals surface area contributed by atoms with E-state index in [9.17, 15) is 9.18 Å². The third-order valence-corrected chi connectivity index (χ3v) is 1.75. The van der Waals surface area contributed by atoms with Gasteiger partial charge in [-0.15, -0.1) is 0 Å². The Hall–Kier alpha value is -1.49. The summed E-state index contributed by atoms with van der Waals surface area (Å²) in [5.41, 5.74) is 6.20. The zero-order valence-corrected chi connectivity index (χ0v) is 7.74. The third-order valence-electron chi connectivity index (χ3n) is 1.75. The van der Waals surface area contributed by atoms with Crippen molar-refractivity contribution in [1.29, 1.82) is 0 Å². The Bertz CT molecular complexity index is 313. The molecule has 0 fully saturated rings. The lowest BCUT2D eigenvalue weighted by Gasteiger charge is -2.08. The number of hydrogen-bond acceptors (Lipinski definition) is 4. The van der Waals surface area contributed by atoms with E-state index < -0.39 is 18.0 Å². The highest BCUT2D eigenvalue weighted by Gasteiger charge is 2.14. The van der Waals surface area contributed by atoms with Crippen LogP contribution in [0.5, 0.6) is 0 Å². The minimum atomic E-state index is -0.729. The largest absolute Gasteiger partial charge is 0.468 e. The van der Waals surface area contributed by atoms with Crippen molar-refractivity contribution in [3.8, 4) is 0 Å². The van der Waals surface area contributed by atoms with Gasteiger partial charge in [0.1, 0.15) is 6.04 Å². The van der Waals surface area contributed by atoms with Crippen LogP contribution in [0, 0.1) is 5.95 Å². The Balaban J connectivity index is 2.60. The SMILES string of the molecule is COC(=O)C(N)Cc1ccc(F)nc1. The maximum atomic E-state index is 12.4. The lowest BCUT2D eigenvalue weighted by atomic mass is 10.1. The molecule has 0 aliphatic heterocycles. The van der Waals surface area contributed by atoms with Crippen LogP contribution in [0.4, 0.5) is 4.39 Å². The molecule has 0 aliphatic carbocycles. The number of halogens is 1. The van der Waals surface area contributed by atoms with Gasteiger partial charge in [0.2, 0.25) is 5.95 Å². The summed E-state index contributed by atoms with van der Waals surface area (Å²) in [5, 5.41) is 0. The third kappa shape index (κ3) is 2.77. The minimum Gasteiger partial charge on any atom is -0.468 e. The van der Waals surface area contributed by atoms with E-state index in [0.717, 1.165) is 0 Å². The first-order chi connectivity index (χ1) is 6.63. The number of methoxy groups -OCH3 is 1. The fourth-order valence-corrected chi connectivity index (χ4v) is 1.02. The molecule has 1 rings (SSSR count). The van der Waals surface area contributed by atoms with Crippen molar-refractivity contribution >= 4 is 5.97 Å². The molecule has 0 spiro atoms. The average Bonchev–Trinajstić information content (AvgIpc) is 2.20. The summed E-state index contributed by atoms with van der Waals surface area (Å²) in [6, 6.07) is 2.03. The number of esters is 1. The van der Waals surface area contributed by atoms with Crippen molar-refractivity contribution in [2.24, 2.45) is 5.73 Å². The maximum absolute atomic E-state index is 12.4. The molecule has 0 aromatic carbocycles. The Morgan fingerprint density at radius 1 is 1.71 bits per heavy atom. The summed E-state index contributed by atoms with van der Waals surface area (Å²) < 4.78 is 16.9. The van der Waals surface area contributed by atoms with E-state index in [2.05, 4.69) is 9.72 Å². The van der Waals surface area contributed by atoms with Gasteiger partial charge in [-0.3, -0.25) is 4.79 Å². The molecule has 0 radical (unpaired) electrons. The predicted octanol–water partition coefficient (Wildman–Crippen LogP) is 0.263. The summed E-state index contributed by atoms with van der Waals surface area (Å²) in [6.45, 7) is 0. The van der Waals surface area contributed by atoms with E-state index in [4.69, 9.17) is 5.73 Å². The fraction of sp³-hybridized carbons (Fsp3) is 0.333. The second kappa shape index (κ2) is 4.66. The summed E-state index contributed by atoms with van der Waals surface area (Å²) in [7, 11) is 1.27. The van der Waals surface area contributed by atoms with Crippen LogP contribution in [0.25, 0.3) is 0 Å². The van der Waals surface area contributed by atoms with Crippen molar-refractivity contribution in [2.45, 2.75) is 12.5 Å². The highest BCUT2D eigenvalue weighted by molar-refractivity contribution is 5.75. The second-order valence-corrected chi connectivity index (χ2v) is 2.82. The smallest absolute Gasteiger partial charge is 0.322 e. The summed E-state index contributed by atoms with van der Waals surface area (Å²) in [4.78, 5) is 14.4. The molecule has 5 heteroatoms. The first kappa shape index (κ1) is 10.6. The molecule has 0 saturated heterocycles. The lowest BCUT2D eigenvalue weighted by Crippen LogP contribution is -2.33. The number of carbonyl (C=O) groups excluding carboxylic acids is 1. The Morgan fingerprint density at radius 2 is 2.43 bits per heavy atom. The molecular formula is C9H11FN2O2. The number of carbonyl (C=O) groups is 1. The van der Waals surface area contributed by atoms with Gasteiger partial charge in [0.05, 0.1) is 7.11 Å². The summed E-state index contributed by atoms with van der Waals surface area (Å²) in [6.07, 6.45) is 1.64. The van der Waals surface area contributed by atoms with Crippen molar-refractivity contribution < 1.29 is 13.9 Å². The first-order valence-electron chi connectivity index (χ1n) is 4.07. The quantitative estimate of drug-likeness (QED) is 0.559. The van der Waals surface area contributed by atoms with Crippen molar-refractivity contribution in [2.75, 3.05) is 7.11 Å². The highest BCUT2D eigenvalue weighted by Crippen LogP contribution is 2.02. The van der Waals surface area contributed by atoms with Crippen molar-refractivity contribution in [3.05, 3.63) is 29.8 Å². The standard InChI is InChI=1S/C9H11FN2O2/c1-14-9(13)7(11)4-6-2-3-8(10)12-5-6/h2-3,5,7H,4,11H2,1H3. The highest BCUT2D eigenvalue weighted by atomic mass is 19.1. The van der Waals surface area contributed by atoms with Gasteiger partial charge in [-0.25, -0.2) is 4.98 Å². The van der Waals surface area contributed by atoms with E-state index in [-0.39, 0.29) is 0 Å². The Labute approximate surface area is 80.9 Å². The zero-order valence-electron chi connectivity index (χ0n) is 7.74. The number of pyridine rings is 1. The topological polar surface area (TPSA) is 65.2 Å². The van der Waals surface area contributed by atoms with Crippen LogP contribution in [0.15, 0.2) is 18.3 Å². The number of hydrogen-bond donors (Lipinski definition) is 1. The van der Waals surface area contributed by atoms with Crippen LogP contribution in [-0.4, -0.2) is 24.1 Å². The van der Waals surface area contributed by atoms with Crippen LogP contribution < -0.4 is 5.73 Å². The van der Waals surface area contributed by atoms with Crippen molar-refractivity contribution in [3.63, 3.8) is 0 Å². The molecule has 1 aromatic heterocycles. The lowest BCUT2D eigenvalue weighted by molar-refractivity contribution is -0.142. The Kier molecular flexibility index (Phi) is 3.53. The van der Waals surface area contributed by atoms with E-state index >= 15 is 0 Å². The fourth-order valence-electron chi connectivity index (χ4n) is 1.02. The molecule has 1 heterocycles. The number of ether oxygens (including phenoxy) is 1. The van der Waals surface area contributed by atoms with E-state index in [0.29, 0.717) is 12.0 Å². The summed E-state index contributed by atoms with van der Waals surface area (Å²) in [5.74, 6) is -1.05. The van der Waals surface area contributed by atoms with Crippen molar-refractivity contribution in [1.82, 2.24) is 4.98 Å². The first-order valence-corrected chi connectivity index (χ1v) is 4.07. The monoisotopic (exact) mass is 198 g/mol. The molecule has 0 saturated carbocycles. The van der Waals surface area contributed by atoms with Crippen LogP contribution in [0.2, 0.25) is 0 Å². The van der Waals surface area contributed by atoms with Gasteiger partial charge in [-0.1, -0.05) is 6.07 Å². The van der Waals surface area contributed by atoms with Gasteiger partial charge < -0.3 is 10.5 Å². The molecule has 76 valence electrons. The molecule has 1 atom stereocenters. The molecule has 0 amide bonds. The van der Waals surface area contributed by atoms with Crippen LogP contribution in [0.3, 0.4) is 0 Å². The number of nitrogens with zero attached hydrogens (tertiary/aromatic N) is 1. The van der Waals surface area contributed by atoms with E-state index in [1.54, 1.807) is 0 Å². The second-order valence-electron chi connectivity index (χ2n) is 2.82. The van der Waals surface area contributed by atoms with Crippen LogP contribution >= 0.6 is 0 Å². The zero-order chi connectivity index (χ0) is 10.6. The van der Waals surface area contributed by atoms with Crippen LogP contribution in [0.1, 0.15) is 5.56 Å². The normalized spacial score (nSPS) is 12.2. The average molecular weight is 198 g/mol.